The summed E-state index contributed by atoms with van der Waals surface area (Å²) in [6, 6.07) is 18.1. The zero-order chi connectivity index (χ0) is 16.5. The van der Waals surface area contributed by atoms with E-state index in [0.29, 0.717) is 19.1 Å². The first kappa shape index (κ1) is 20.3. The highest BCUT2D eigenvalue weighted by Crippen LogP contribution is 2.12. The number of benzene rings is 2. The molecule has 0 bridgehead atoms. The van der Waals surface area contributed by atoms with Crippen molar-refractivity contribution in [1.82, 2.24) is 4.90 Å². The molecular formula is C19H26IN3O. The number of rotatable bonds is 7. The molecule has 0 heterocycles. The van der Waals surface area contributed by atoms with Crippen LogP contribution in [0.25, 0.3) is 0 Å². The number of hydrogen-bond donors (Lipinski definition) is 1. The van der Waals surface area contributed by atoms with E-state index in [-0.39, 0.29) is 24.0 Å². The molecule has 130 valence electrons. The average molecular weight is 439 g/mol. The predicted octanol–water partition coefficient (Wildman–Crippen LogP) is 4.04. The standard InChI is InChI=1S/C19H25N3O.HI/c1-3-22(4-2)19(20)21-14-16-10-12-17(13-11-16)15-23-18-8-6-5-7-9-18;/h5-13H,3-4,14-15H2,1-2H3,(H2,20,21);1H. The molecule has 4 nitrogen and oxygen atoms in total. The minimum atomic E-state index is 0. The van der Waals surface area contributed by atoms with Gasteiger partial charge in [-0.05, 0) is 37.1 Å². The van der Waals surface area contributed by atoms with Crippen molar-refractivity contribution in [2.45, 2.75) is 27.0 Å². The van der Waals surface area contributed by atoms with E-state index in [0.717, 1.165) is 30.0 Å². The number of ether oxygens (including phenoxy) is 1. The number of aliphatic imine (C=N–C) groups is 1. The van der Waals surface area contributed by atoms with Crippen LogP contribution >= 0.6 is 24.0 Å². The quantitative estimate of drug-likeness (QED) is 0.403. The van der Waals surface area contributed by atoms with E-state index in [4.69, 9.17) is 10.5 Å². The first-order chi connectivity index (χ1) is 11.2. The van der Waals surface area contributed by atoms with Gasteiger partial charge in [0, 0.05) is 13.1 Å². The summed E-state index contributed by atoms with van der Waals surface area (Å²) < 4.78 is 5.74. The Hall–Kier alpha value is -1.76. The van der Waals surface area contributed by atoms with E-state index in [2.05, 4.69) is 43.1 Å². The lowest BCUT2D eigenvalue weighted by Gasteiger charge is -2.19. The first-order valence-corrected chi connectivity index (χ1v) is 8.03. The normalized spacial score (nSPS) is 10.8. The molecule has 0 radical (unpaired) electrons. The zero-order valence-electron chi connectivity index (χ0n) is 14.3. The largest absolute Gasteiger partial charge is 0.489 e. The van der Waals surface area contributed by atoms with Gasteiger partial charge in [-0.1, -0.05) is 42.5 Å². The second kappa shape index (κ2) is 10.9. The van der Waals surface area contributed by atoms with Gasteiger partial charge >= 0.3 is 0 Å². The van der Waals surface area contributed by atoms with Crippen molar-refractivity contribution < 1.29 is 4.74 Å². The van der Waals surface area contributed by atoms with Crippen molar-refractivity contribution in [2.75, 3.05) is 13.1 Å². The molecule has 0 aliphatic heterocycles. The van der Waals surface area contributed by atoms with E-state index in [1.807, 2.05) is 35.2 Å². The highest BCUT2D eigenvalue weighted by atomic mass is 127. The minimum absolute atomic E-state index is 0. The van der Waals surface area contributed by atoms with Crippen molar-refractivity contribution in [3.05, 3.63) is 65.7 Å². The third kappa shape index (κ3) is 6.39. The number of halogens is 1. The summed E-state index contributed by atoms with van der Waals surface area (Å²) in [5, 5.41) is 0. The molecule has 0 saturated heterocycles. The first-order valence-electron chi connectivity index (χ1n) is 8.03. The highest BCUT2D eigenvalue weighted by molar-refractivity contribution is 14.0. The van der Waals surface area contributed by atoms with Gasteiger partial charge in [-0.15, -0.1) is 24.0 Å². The van der Waals surface area contributed by atoms with Crippen LogP contribution < -0.4 is 10.5 Å². The monoisotopic (exact) mass is 439 g/mol. The van der Waals surface area contributed by atoms with Crippen LogP contribution in [0.3, 0.4) is 0 Å². The van der Waals surface area contributed by atoms with Crippen LogP contribution in [0, 0.1) is 0 Å². The van der Waals surface area contributed by atoms with Gasteiger partial charge in [-0.3, -0.25) is 0 Å². The van der Waals surface area contributed by atoms with Crippen LogP contribution in [0.2, 0.25) is 0 Å². The highest BCUT2D eigenvalue weighted by Gasteiger charge is 2.02. The molecule has 2 aromatic carbocycles. The lowest BCUT2D eigenvalue weighted by atomic mass is 10.1. The third-order valence-corrected chi connectivity index (χ3v) is 3.68. The molecule has 0 atom stereocenters. The van der Waals surface area contributed by atoms with Gasteiger partial charge in [0.05, 0.1) is 6.54 Å². The molecule has 2 aromatic rings. The number of nitrogens with two attached hydrogens (primary N) is 1. The second-order valence-corrected chi connectivity index (χ2v) is 5.26. The van der Waals surface area contributed by atoms with Crippen molar-refractivity contribution in [2.24, 2.45) is 10.7 Å². The van der Waals surface area contributed by atoms with Crippen LogP contribution in [0.4, 0.5) is 0 Å². The molecule has 2 rings (SSSR count). The SMILES string of the molecule is CCN(CC)C(N)=NCc1ccc(COc2ccccc2)cc1.I. The second-order valence-electron chi connectivity index (χ2n) is 5.26. The van der Waals surface area contributed by atoms with Crippen molar-refractivity contribution in [1.29, 1.82) is 0 Å². The molecule has 0 aliphatic rings. The molecule has 0 aromatic heterocycles. The molecule has 0 amide bonds. The molecule has 0 fully saturated rings. The summed E-state index contributed by atoms with van der Waals surface area (Å²) in [6.45, 7) is 7.07. The fourth-order valence-corrected chi connectivity index (χ4v) is 2.24. The van der Waals surface area contributed by atoms with Crippen molar-refractivity contribution in [3.63, 3.8) is 0 Å². The van der Waals surface area contributed by atoms with Crippen molar-refractivity contribution in [3.8, 4) is 5.75 Å². The van der Waals surface area contributed by atoms with E-state index in [1.165, 1.54) is 0 Å². The van der Waals surface area contributed by atoms with Gasteiger partial charge < -0.3 is 15.4 Å². The maximum Gasteiger partial charge on any atom is 0.191 e. The Morgan fingerprint density at radius 1 is 0.958 bits per heavy atom. The Morgan fingerprint density at radius 3 is 2.12 bits per heavy atom. The van der Waals surface area contributed by atoms with Crippen LogP contribution in [0.1, 0.15) is 25.0 Å². The third-order valence-electron chi connectivity index (χ3n) is 3.68. The number of nitrogens with zero attached hydrogens (tertiary/aromatic N) is 2. The fraction of sp³-hybridized carbons (Fsp3) is 0.316. The van der Waals surface area contributed by atoms with E-state index >= 15 is 0 Å². The lowest BCUT2D eigenvalue weighted by molar-refractivity contribution is 0.306. The van der Waals surface area contributed by atoms with Gasteiger partial charge in [-0.2, -0.15) is 0 Å². The van der Waals surface area contributed by atoms with Crippen LogP contribution in [0.15, 0.2) is 59.6 Å². The number of hydrogen-bond acceptors (Lipinski definition) is 2. The van der Waals surface area contributed by atoms with E-state index in [1.54, 1.807) is 0 Å². The van der Waals surface area contributed by atoms with Gasteiger partial charge in [0.25, 0.3) is 0 Å². The fourth-order valence-electron chi connectivity index (χ4n) is 2.24. The van der Waals surface area contributed by atoms with Gasteiger partial charge in [0.1, 0.15) is 12.4 Å². The van der Waals surface area contributed by atoms with Crippen LogP contribution in [-0.4, -0.2) is 23.9 Å². The Bertz CT molecular complexity index is 610. The van der Waals surface area contributed by atoms with Gasteiger partial charge in [-0.25, -0.2) is 4.99 Å². The van der Waals surface area contributed by atoms with Crippen LogP contribution in [-0.2, 0) is 13.2 Å². The van der Waals surface area contributed by atoms with E-state index < -0.39 is 0 Å². The Labute approximate surface area is 161 Å². The maximum atomic E-state index is 5.98. The maximum absolute atomic E-state index is 5.98. The average Bonchev–Trinajstić information content (AvgIpc) is 2.61. The molecule has 0 unspecified atom stereocenters. The summed E-state index contributed by atoms with van der Waals surface area (Å²) in [6.07, 6.45) is 0. The topological polar surface area (TPSA) is 50.8 Å². The zero-order valence-corrected chi connectivity index (χ0v) is 16.6. The van der Waals surface area contributed by atoms with E-state index in [9.17, 15) is 0 Å². The molecule has 2 N–H and O–H groups in total. The summed E-state index contributed by atoms with van der Waals surface area (Å²) in [7, 11) is 0. The van der Waals surface area contributed by atoms with Gasteiger partial charge in [0.15, 0.2) is 5.96 Å². The molecule has 0 saturated carbocycles. The number of guanidine groups is 1. The minimum Gasteiger partial charge on any atom is -0.489 e. The lowest BCUT2D eigenvalue weighted by Crippen LogP contribution is -2.37. The Morgan fingerprint density at radius 2 is 1.54 bits per heavy atom. The molecule has 24 heavy (non-hydrogen) atoms. The van der Waals surface area contributed by atoms with Gasteiger partial charge in [0.2, 0.25) is 0 Å². The van der Waals surface area contributed by atoms with Crippen LogP contribution in [0.5, 0.6) is 5.75 Å². The number of para-hydroxylation sites is 1. The smallest absolute Gasteiger partial charge is 0.191 e. The predicted molar refractivity (Wildman–Crippen MR) is 111 cm³/mol. The molecule has 5 heteroatoms. The van der Waals surface area contributed by atoms with Crippen molar-refractivity contribution >= 4 is 29.9 Å². The molecule has 0 aliphatic carbocycles. The Kier molecular flexibility index (Phi) is 9.22. The summed E-state index contributed by atoms with van der Waals surface area (Å²) in [5.41, 5.74) is 8.26. The molecular weight excluding hydrogens is 413 g/mol. The Balaban J connectivity index is 0.00000288. The molecule has 0 spiro atoms. The summed E-state index contributed by atoms with van der Waals surface area (Å²) >= 11 is 0. The summed E-state index contributed by atoms with van der Waals surface area (Å²) in [5.74, 6) is 1.49. The summed E-state index contributed by atoms with van der Waals surface area (Å²) in [4.78, 5) is 6.49.